The molecular formula is C22H27N5O2. The van der Waals surface area contributed by atoms with Crippen molar-refractivity contribution in [2.45, 2.75) is 26.3 Å². The Hall–Kier alpha value is -2.93. The van der Waals surface area contributed by atoms with Gasteiger partial charge in [-0.2, -0.15) is 0 Å². The maximum Gasteiger partial charge on any atom is 0.341 e. The highest BCUT2D eigenvalue weighted by molar-refractivity contribution is 5.88. The van der Waals surface area contributed by atoms with Gasteiger partial charge in [0.05, 0.1) is 12.2 Å². The van der Waals surface area contributed by atoms with E-state index in [1.54, 1.807) is 19.3 Å². The summed E-state index contributed by atoms with van der Waals surface area (Å²) in [6.45, 7) is 5.88. The van der Waals surface area contributed by atoms with Gasteiger partial charge >= 0.3 is 5.97 Å². The number of nitrogens with one attached hydrogen (secondary N) is 2. The van der Waals surface area contributed by atoms with Crippen molar-refractivity contribution in [2.75, 3.05) is 31.1 Å². The minimum Gasteiger partial charge on any atom is -0.462 e. The van der Waals surface area contributed by atoms with Crippen LogP contribution in [0.15, 0.2) is 42.9 Å². The van der Waals surface area contributed by atoms with Crippen LogP contribution in [0, 0.1) is 5.92 Å². The maximum atomic E-state index is 11.7. The van der Waals surface area contributed by atoms with E-state index in [9.17, 15) is 4.79 Å². The van der Waals surface area contributed by atoms with Gasteiger partial charge in [-0.15, -0.1) is 0 Å². The lowest BCUT2D eigenvalue weighted by molar-refractivity contribution is 0.0525. The van der Waals surface area contributed by atoms with Gasteiger partial charge in [-0.25, -0.2) is 14.8 Å². The zero-order chi connectivity index (χ0) is 20.1. The Labute approximate surface area is 170 Å². The van der Waals surface area contributed by atoms with Gasteiger partial charge in [-0.1, -0.05) is 18.2 Å². The van der Waals surface area contributed by atoms with Crippen LogP contribution in [-0.2, 0) is 11.3 Å². The van der Waals surface area contributed by atoms with Gasteiger partial charge in [0, 0.05) is 49.1 Å². The van der Waals surface area contributed by atoms with Crippen LogP contribution in [0.3, 0.4) is 0 Å². The quantitative estimate of drug-likeness (QED) is 0.600. The van der Waals surface area contributed by atoms with Crippen molar-refractivity contribution in [2.24, 2.45) is 5.92 Å². The third-order valence-corrected chi connectivity index (χ3v) is 5.47. The molecule has 1 fully saturated rings. The molecule has 1 saturated heterocycles. The van der Waals surface area contributed by atoms with Crippen molar-refractivity contribution in [3.05, 3.63) is 54.0 Å². The lowest BCUT2D eigenvalue weighted by Crippen LogP contribution is -2.38. The fourth-order valence-electron chi connectivity index (χ4n) is 3.83. The third kappa shape index (κ3) is 4.56. The standard InChI is InChI=1S/C22H27N5O2/c1-2-29-21(28)18-14-25-22(26-15-18)27-9-7-16(8-10-27)11-23-12-17-13-24-20-6-4-3-5-19(17)20/h3-6,13-16,23-24H,2,7-12H2,1H3. The van der Waals surface area contributed by atoms with Gasteiger partial charge in [0.15, 0.2) is 0 Å². The van der Waals surface area contributed by atoms with Crippen molar-refractivity contribution in [1.29, 1.82) is 0 Å². The van der Waals surface area contributed by atoms with Crippen LogP contribution in [0.5, 0.6) is 0 Å². The first-order chi connectivity index (χ1) is 14.2. The zero-order valence-corrected chi connectivity index (χ0v) is 16.7. The van der Waals surface area contributed by atoms with E-state index in [1.165, 1.54) is 16.5 Å². The van der Waals surface area contributed by atoms with E-state index in [4.69, 9.17) is 4.74 Å². The molecule has 0 unspecified atom stereocenters. The number of H-pyrrole nitrogens is 1. The summed E-state index contributed by atoms with van der Waals surface area (Å²) >= 11 is 0. The predicted octanol–water partition coefficient (Wildman–Crippen LogP) is 3.14. The smallest absolute Gasteiger partial charge is 0.341 e. The van der Waals surface area contributed by atoms with Crippen molar-refractivity contribution in [1.82, 2.24) is 20.3 Å². The largest absolute Gasteiger partial charge is 0.462 e. The minimum absolute atomic E-state index is 0.350. The number of carbonyl (C=O) groups is 1. The molecule has 3 heterocycles. The number of rotatable bonds is 7. The summed E-state index contributed by atoms with van der Waals surface area (Å²) in [6.07, 6.45) is 7.40. The van der Waals surface area contributed by atoms with E-state index >= 15 is 0 Å². The van der Waals surface area contributed by atoms with Crippen LogP contribution >= 0.6 is 0 Å². The Morgan fingerprint density at radius 1 is 1.24 bits per heavy atom. The molecule has 0 atom stereocenters. The average Bonchev–Trinajstić information content (AvgIpc) is 3.18. The highest BCUT2D eigenvalue weighted by Gasteiger charge is 2.21. The number of hydrogen-bond acceptors (Lipinski definition) is 6. The molecule has 7 nitrogen and oxygen atoms in total. The van der Waals surface area contributed by atoms with Crippen LogP contribution in [0.4, 0.5) is 5.95 Å². The summed E-state index contributed by atoms with van der Waals surface area (Å²) < 4.78 is 4.97. The van der Waals surface area contributed by atoms with Crippen LogP contribution in [-0.4, -0.2) is 47.2 Å². The average molecular weight is 393 g/mol. The van der Waals surface area contributed by atoms with Crippen molar-refractivity contribution in [3.8, 4) is 0 Å². The van der Waals surface area contributed by atoms with Gasteiger partial charge in [-0.3, -0.25) is 0 Å². The van der Waals surface area contributed by atoms with E-state index in [-0.39, 0.29) is 5.97 Å². The summed E-state index contributed by atoms with van der Waals surface area (Å²) in [5, 5.41) is 4.91. The number of ether oxygens (including phenoxy) is 1. The molecule has 7 heteroatoms. The highest BCUT2D eigenvalue weighted by Crippen LogP contribution is 2.21. The molecular weight excluding hydrogens is 366 g/mol. The zero-order valence-electron chi connectivity index (χ0n) is 16.7. The van der Waals surface area contributed by atoms with E-state index < -0.39 is 0 Å². The second-order valence-electron chi connectivity index (χ2n) is 7.41. The Kier molecular flexibility index (Phi) is 6.05. The topological polar surface area (TPSA) is 83.1 Å². The predicted molar refractivity (Wildman–Crippen MR) is 113 cm³/mol. The molecule has 29 heavy (non-hydrogen) atoms. The number of carbonyl (C=O) groups excluding carboxylic acids is 1. The molecule has 3 aromatic rings. The van der Waals surface area contributed by atoms with Crippen LogP contribution in [0.25, 0.3) is 10.9 Å². The molecule has 0 amide bonds. The molecule has 1 aliphatic rings. The fourth-order valence-corrected chi connectivity index (χ4v) is 3.83. The van der Waals surface area contributed by atoms with Crippen LogP contribution in [0.1, 0.15) is 35.7 Å². The summed E-state index contributed by atoms with van der Waals surface area (Å²) in [5.74, 6) is 0.956. The first-order valence-electron chi connectivity index (χ1n) is 10.2. The number of nitrogens with zero attached hydrogens (tertiary/aromatic N) is 3. The molecule has 0 aliphatic carbocycles. The summed E-state index contributed by atoms with van der Waals surface area (Å²) in [4.78, 5) is 25.9. The van der Waals surface area contributed by atoms with E-state index in [1.807, 2.05) is 0 Å². The first-order valence-corrected chi connectivity index (χ1v) is 10.2. The van der Waals surface area contributed by atoms with Gasteiger partial charge in [0.1, 0.15) is 0 Å². The van der Waals surface area contributed by atoms with E-state index in [0.29, 0.717) is 24.0 Å². The fraction of sp³-hybridized carbons (Fsp3) is 0.409. The molecule has 0 bridgehead atoms. The number of piperidine rings is 1. The maximum absolute atomic E-state index is 11.7. The van der Waals surface area contributed by atoms with Crippen LogP contribution < -0.4 is 10.2 Å². The lowest BCUT2D eigenvalue weighted by Gasteiger charge is -2.32. The molecule has 4 rings (SSSR count). The van der Waals surface area contributed by atoms with Gasteiger partial charge in [0.2, 0.25) is 5.95 Å². The third-order valence-electron chi connectivity index (χ3n) is 5.47. The molecule has 0 saturated carbocycles. The second kappa shape index (κ2) is 9.05. The molecule has 1 aliphatic heterocycles. The summed E-state index contributed by atoms with van der Waals surface area (Å²) in [7, 11) is 0. The number of anilines is 1. The van der Waals surface area contributed by atoms with Gasteiger partial charge < -0.3 is 19.9 Å². The number of esters is 1. The molecule has 1 aromatic carbocycles. The molecule has 0 spiro atoms. The molecule has 0 radical (unpaired) electrons. The van der Waals surface area contributed by atoms with Crippen molar-refractivity contribution < 1.29 is 9.53 Å². The number of fused-ring (bicyclic) bond motifs is 1. The number of aromatic amines is 1. The Morgan fingerprint density at radius 2 is 2.00 bits per heavy atom. The molecule has 152 valence electrons. The van der Waals surface area contributed by atoms with Crippen LogP contribution in [0.2, 0.25) is 0 Å². The number of para-hydroxylation sites is 1. The normalized spacial score (nSPS) is 15.0. The second-order valence-corrected chi connectivity index (χ2v) is 7.41. The lowest BCUT2D eigenvalue weighted by atomic mass is 9.97. The minimum atomic E-state index is -0.376. The summed E-state index contributed by atoms with van der Waals surface area (Å²) in [5.41, 5.74) is 2.90. The Bertz CT molecular complexity index is 945. The first kappa shape index (κ1) is 19.4. The number of benzene rings is 1. The summed E-state index contributed by atoms with van der Waals surface area (Å²) in [6, 6.07) is 8.40. The van der Waals surface area contributed by atoms with Crippen molar-refractivity contribution in [3.63, 3.8) is 0 Å². The SMILES string of the molecule is CCOC(=O)c1cnc(N2CCC(CNCc3c[nH]c4ccccc34)CC2)nc1. The Balaban J connectivity index is 1.24. The van der Waals surface area contributed by atoms with E-state index in [0.717, 1.165) is 39.0 Å². The van der Waals surface area contributed by atoms with Gasteiger partial charge in [-0.05, 0) is 43.9 Å². The monoisotopic (exact) mass is 393 g/mol. The van der Waals surface area contributed by atoms with Crippen molar-refractivity contribution >= 4 is 22.8 Å². The highest BCUT2D eigenvalue weighted by atomic mass is 16.5. The van der Waals surface area contributed by atoms with Gasteiger partial charge in [0.25, 0.3) is 0 Å². The number of aromatic nitrogens is 3. The molecule has 2 aromatic heterocycles. The van der Waals surface area contributed by atoms with E-state index in [2.05, 4.69) is 55.6 Å². The Morgan fingerprint density at radius 3 is 2.76 bits per heavy atom. The number of hydrogen-bond donors (Lipinski definition) is 2. The molecule has 2 N–H and O–H groups in total.